The number of morpholine rings is 1. The van der Waals surface area contributed by atoms with Gasteiger partial charge in [-0.15, -0.1) is 11.3 Å². The Balaban J connectivity index is 0.000000470. The lowest BCUT2D eigenvalue weighted by atomic mass is 10.1. The first-order valence-corrected chi connectivity index (χ1v) is 13.3. The number of thiazole rings is 1. The molecule has 0 bridgehead atoms. The Hall–Kier alpha value is -3.81. The maximum Gasteiger partial charge on any atom is 0.490 e. The molecule has 1 fully saturated rings. The summed E-state index contributed by atoms with van der Waals surface area (Å²) >= 11 is 1.57. The number of aliphatic carboxylic acids is 1. The van der Waals surface area contributed by atoms with Crippen LogP contribution in [0.1, 0.15) is 22.3 Å². The number of carboxylic acid groups (broad SMARTS) is 1. The fraction of sp³-hybridized carbons (Fsp3) is 0.333. The SMILES string of the molecule is Cc1ccc(-c2nc(-c3noc4ccc(C(=O)NCCCN5CCOCC5)cc34)cs2)cc1.O=C(O)C(F)(F)F. The number of carbonyl (C=O) groups is 2. The van der Waals surface area contributed by atoms with Crippen LogP contribution in [0.3, 0.4) is 0 Å². The van der Waals surface area contributed by atoms with Gasteiger partial charge in [0.1, 0.15) is 16.4 Å². The molecule has 1 saturated heterocycles. The van der Waals surface area contributed by atoms with Crippen LogP contribution >= 0.6 is 11.3 Å². The molecule has 5 rings (SSSR count). The highest BCUT2D eigenvalue weighted by Crippen LogP contribution is 2.33. The van der Waals surface area contributed by atoms with Gasteiger partial charge in [0.15, 0.2) is 5.58 Å². The molecule has 2 aromatic carbocycles. The van der Waals surface area contributed by atoms with E-state index in [-0.39, 0.29) is 5.91 Å². The minimum atomic E-state index is -5.08. The summed E-state index contributed by atoms with van der Waals surface area (Å²) in [4.78, 5) is 28.7. The summed E-state index contributed by atoms with van der Waals surface area (Å²) in [7, 11) is 0. The minimum absolute atomic E-state index is 0.0929. The first-order valence-electron chi connectivity index (χ1n) is 12.4. The Morgan fingerprint density at radius 1 is 1.12 bits per heavy atom. The Kier molecular flexibility index (Phi) is 9.50. The molecule has 13 heteroatoms. The Bertz CT molecular complexity index is 1450. The van der Waals surface area contributed by atoms with E-state index in [1.54, 1.807) is 23.5 Å². The second kappa shape index (κ2) is 13.0. The highest BCUT2D eigenvalue weighted by molar-refractivity contribution is 7.13. The summed E-state index contributed by atoms with van der Waals surface area (Å²) in [6.45, 7) is 7.17. The van der Waals surface area contributed by atoms with Gasteiger partial charge >= 0.3 is 12.1 Å². The van der Waals surface area contributed by atoms with Crippen LogP contribution in [0.4, 0.5) is 13.2 Å². The van der Waals surface area contributed by atoms with Crippen LogP contribution in [0.2, 0.25) is 0 Å². The van der Waals surface area contributed by atoms with Gasteiger partial charge in [0, 0.05) is 36.1 Å². The molecule has 1 aliphatic heterocycles. The zero-order valence-electron chi connectivity index (χ0n) is 21.5. The van der Waals surface area contributed by atoms with Gasteiger partial charge in [-0.1, -0.05) is 35.0 Å². The van der Waals surface area contributed by atoms with Crippen molar-refractivity contribution in [3.63, 3.8) is 0 Å². The van der Waals surface area contributed by atoms with Crippen molar-refractivity contribution in [1.29, 1.82) is 0 Å². The normalized spacial score (nSPS) is 14.0. The van der Waals surface area contributed by atoms with E-state index in [1.807, 2.05) is 11.4 Å². The maximum absolute atomic E-state index is 12.7. The second-order valence-electron chi connectivity index (χ2n) is 9.01. The Morgan fingerprint density at radius 3 is 2.50 bits per heavy atom. The summed E-state index contributed by atoms with van der Waals surface area (Å²) in [6.07, 6.45) is -4.17. The van der Waals surface area contributed by atoms with E-state index in [0.717, 1.165) is 60.9 Å². The standard InChI is InChI=1S/C25H26N4O3S.C2HF3O2/c1-17-3-5-18(6-4-17)25-27-21(16-33-25)23-20-15-19(7-8-22(20)32-28-23)24(30)26-9-2-10-29-11-13-31-14-12-29;3-2(4,5)1(6)7/h3-8,15-16H,2,9-14H2,1H3,(H,26,30);(H,6,7). The molecule has 9 nitrogen and oxygen atoms in total. The number of hydrogen-bond acceptors (Lipinski definition) is 8. The topological polar surface area (TPSA) is 118 Å². The lowest BCUT2D eigenvalue weighted by Gasteiger charge is -2.26. The van der Waals surface area contributed by atoms with Gasteiger partial charge in [0.2, 0.25) is 0 Å². The number of fused-ring (bicyclic) bond motifs is 1. The van der Waals surface area contributed by atoms with Crippen molar-refractivity contribution in [3.8, 4) is 22.0 Å². The van der Waals surface area contributed by atoms with Crippen molar-refractivity contribution in [2.24, 2.45) is 0 Å². The highest BCUT2D eigenvalue weighted by Gasteiger charge is 2.38. The van der Waals surface area contributed by atoms with Crippen LogP contribution in [-0.2, 0) is 9.53 Å². The van der Waals surface area contributed by atoms with E-state index in [4.69, 9.17) is 24.1 Å². The zero-order chi connectivity index (χ0) is 28.7. The number of amides is 1. The van der Waals surface area contributed by atoms with Crippen LogP contribution in [-0.4, -0.2) is 77.6 Å². The molecule has 0 saturated carbocycles. The van der Waals surface area contributed by atoms with Crippen LogP contribution in [0, 0.1) is 6.92 Å². The molecule has 212 valence electrons. The van der Waals surface area contributed by atoms with Crippen LogP contribution in [0.15, 0.2) is 52.4 Å². The van der Waals surface area contributed by atoms with Crippen molar-refractivity contribution < 1.29 is 37.1 Å². The van der Waals surface area contributed by atoms with Gasteiger partial charge in [-0.05, 0) is 38.1 Å². The number of carboxylic acids is 1. The van der Waals surface area contributed by atoms with Crippen LogP contribution in [0.5, 0.6) is 0 Å². The van der Waals surface area contributed by atoms with Crippen molar-refractivity contribution in [1.82, 2.24) is 20.4 Å². The summed E-state index contributed by atoms with van der Waals surface area (Å²) in [5, 5.41) is 18.1. The molecule has 1 amide bonds. The van der Waals surface area contributed by atoms with E-state index in [0.29, 0.717) is 23.4 Å². The smallest absolute Gasteiger partial charge is 0.475 e. The van der Waals surface area contributed by atoms with E-state index in [9.17, 15) is 18.0 Å². The molecule has 4 aromatic rings. The van der Waals surface area contributed by atoms with Gasteiger partial charge < -0.3 is 19.7 Å². The average Bonchev–Trinajstić information content (AvgIpc) is 3.59. The Labute approximate surface area is 231 Å². The van der Waals surface area contributed by atoms with Crippen molar-refractivity contribution in [2.45, 2.75) is 19.5 Å². The van der Waals surface area contributed by atoms with E-state index in [2.05, 4.69) is 46.6 Å². The highest BCUT2D eigenvalue weighted by atomic mass is 32.1. The van der Waals surface area contributed by atoms with Crippen molar-refractivity contribution in [2.75, 3.05) is 39.4 Å². The van der Waals surface area contributed by atoms with Gasteiger partial charge in [-0.3, -0.25) is 9.69 Å². The lowest BCUT2D eigenvalue weighted by Crippen LogP contribution is -2.38. The lowest BCUT2D eigenvalue weighted by molar-refractivity contribution is -0.192. The fourth-order valence-corrected chi connectivity index (χ4v) is 4.72. The fourth-order valence-electron chi connectivity index (χ4n) is 3.91. The molecule has 3 heterocycles. The number of halogens is 3. The predicted molar refractivity (Wildman–Crippen MR) is 143 cm³/mol. The van der Waals surface area contributed by atoms with Gasteiger partial charge in [-0.2, -0.15) is 13.2 Å². The maximum atomic E-state index is 12.7. The molecule has 0 radical (unpaired) electrons. The average molecular weight is 577 g/mol. The van der Waals surface area contributed by atoms with Crippen molar-refractivity contribution >= 4 is 34.2 Å². The van der Waals surface area contributed by atoms with Crippen molar-refractivity contribution in [3.05, 3.63) is 59.0 Å². The predicted octanol–water partition coefficient (Wildman–Crippen LogP) is 5.01. The first-order chi connectivity index (χ1) is 19.1. The number of aryl methyl sites for hydroxylation is 1. The quantitative estimate of drug-likeness (QED) is 0.295. The molecule has 1 aliphatic rings. The van der Waals surface area contributed by atoms with Crippen LogP contribution in [0.25, 0.3) is 32.9 Å². The number of carbonyl (C=O) groups excluding carboxylic acids is 1. The number of alkyl halides is 3. The molecule has 0 atom stereocenters. The summed E-state index contributed by atoms with van der Waals surface area (Å²) < 4.78 is 42.6. The molecular weight excluding hydrogens is 549 g/mol. The number of hydrogen-bond donors (Lipinski definition) is 2. The molecule has 40 heavy (non-hydrogen) atoms. The van der Waals surface area contributed by atoms with Gasteiger partial charge in [0.05, 0.1) is 18.6 Å². The second-order valence-corrected chi connectivity index (χ2v) is 9.87. The molecule has 2 N–H and O–H groups in total. The van der Waals surface area contributed by atoms with E-state index in [1.165, 1.54) is 5.56 Å². The molecular formula is C27H27F3N4O5S. The third kappa shape index (κ3) is 7.64. The number of rotatable bonds is 7. The number of benzene rings is 2. The number of nitrogens with one attached hydrogen (secondary N) is 1. The third-order valence-electron chi connectivity index (χ3n) is 6.06. The molecule has 2 aromatic heterocycles. The van der Waals surface area contributed by atoms with E-state index < -0.39 is 12.1 Å². The van der Waals surface area contributed by atoms with E-state index >= 15 is 0 Å². The number of nitrogens with zero attached hydrogens (tertiary/aromatic N) is 3. The monoisotopic (exact) mass is 576 g/mol. The van der Waals surface area contributed by atoms with Crippen LogP contribution < -0.4 is 5.32 Å². The Morgan fingerprint density at radius 2 is 1.82 bits per heavy atom. The summed E-state index contributed by atoms with van der Waals surface area (Å²) in [5.74, 6) is -2.85. The third-order valence-corrected chi connectivity index (χ3v) is 6.95. The summed E-state index contributed by atoms with van der Waals surface area (Å²) in [5.41, 5.74) is 4.91. The first kappa shape index (κ1) is 29.2. The minimum Gasteiger partial charge on any atom is -0.475 e. The van der Waals surface area contributed by atoms with Gasteiger partial charge in [0.25, 0.3) is 5.91 Å². The zero-order valence-corrected chi connectivity index (χ0v) is 22.3. The molecule has 0 spiro atoms. The number of aromatic nitrogens is 2. The largest absolute Gasteiger partial charge is 0.490 e. The molecule has 0 unspecified atom stereocenters. The van der Waals surface area contributed by atoms with Gasteiger partial charge in [-0.25, -0.2) is 9.78 Å². The number of ether oxygens (including phenoxy) is 1. The molecule has 0 aliphatic carbocycles. The summed E-state index contributed by atoms with van der Waals surface area (Å²) in [6, 6.07) is 13.7.